The van der Waals surface area contributed by atoms with E-state index in [0.717, 1.165) is 36.2 Å². The number of aromatic amines is 1. The fraction of sp³-hybridized carbons (Fsp3) is 0.429. The first-order chi connectivity index (χ1) is 16.7. The molecule has 188 valence electrons. The third-order valence-electron chi connectivity index (χ3n) is 5.50. The highest BCUT2D eigenvalue weighted by atomic mass is 19.4. The molecule has 0 aliphatic carbocycles. The lowest BCUT2D eigenvalue weighted by molar-refractivity contribution is -0.274. The second-order valence-electron chi connectivity index (χ2n) is 8.04. The fourth-order valence-corrected chi connectivity index (χ4v) is 3.81. The van der Waals surface area contributed by atoms with Gasteiger partial charge in [0.15, 0.2) is 5.65 Å². The van der Waals surface area contributed by atoms with Crippen LogP contribution in [-0.2, 0) is 6.54 Å². The summed E-state index contributed by atoms with van der Waals surface area (Å²) in [6.45, 7) is 1.75. The van der Waals surface area contributed by atoms with Crippen LogP contribution in [-0.4, -0.2) is 69.7 Å². The maximum Gasteiger partial charge on any atom is 0.573 e. The zero-order chi connectivity index (χ0) is 25.0. The van der Waals surface area contributed by atoms with Crippen molar-refractivity contribution in [1.29, 1.82) is 0 Å². The maximum atomic E-state index is 13.0. The summed E-state index contributed by atoms with van der Waals surface area (Å²) < 4.78 is 44.2. The van der Waals surface area contributed by atoms with Crippen molar-refractivity contribution in [3.8, 4) is 5.75 Å². The number of amides is 1. The van der Waals surface area contributed by atoms with Gasteiger partial charge in [0.1, 0.15) is 11.3 Å². The minimum atomic E-state index is -4.98. The third-order valence-corrected chi connectivity index (χ3v) is 5.50. The van der Waals surface area contributed by atoms with Crippen LogP contribution in [0.1, 0.15) is 22.3 Å². The van der Waals surface area contributed by atoms with E-state index in [9.17, 15) is 22.8 Å². The first kappa shape index (κ1) is 24.5. The Morgan fingerprint density at radius 3 is 2.89 bits per heavy atom. The first-order valence-corrected chi connectivity index (χ1v) is 10.9. The number of aromatic nitrogens is 4. The predicted molar refractivity (Wildman–Crippen MR) is 119 cm³/mol. The number of aliphatic hydroxyl groups excluding tert-OH is 1. The molecule has 3 aromatic rings. The van der Waals surface area contributed by atoms with Crippen LogP contribution in [0, 0.1) is 5.92 Å². The van der Waals surface area contributed by atoms with Crippen molar-refractivity contribution in [3.05, 3.63) is 46.0 Å². The number of ether oxygens (including phenoxy) is 1. The van der Waals surface area contributed by atoms with E-state index in [1.807, 2.05) is 0 Å². The minimum absolute atomic E-state index is 0.0273. The third kappa shape index (κ3) is 6.08. The van der Waals surface area contributed by atoms with Crippen molar-refractivity contribution in [1.82, 2.24) is 30.2 Å². The smallest absolute Gasteiger partial charge is 0.405 e. The van der Waals surface area contributed by atoms with E-state index in [4.69, 9.17) is 5.11 Å². The van der Waals surface area contributed by atoms with Crippen molar-refractivity contribution in [2.75, 3.05) is 38.1 Å². The summed E-state index contributed by atoms with van der Waals surface area (Å²) in [5.41, 5.74) is -0.145. The highest BCUT2D eigenvalue weighted by Gasteiger charge is 2.32. The molecule has 0 radical (unpaired) electrons. The van der Waals surface area contributed by atoms with Gasteiger partial charge in [-0.05, 0) is 43.6 Å². The summed E-state index contributed by atoms with van der Waals surface area (Å²) in [5, 5.41) is 17.7. The molecule has 14 heteroatoms. The van der Waals surface area contributed by atoms with Crippen LogP contribution in [0.25, 0.3) is 11.2 Å². The monoisotopic (exact) mass is 495 g/mol. The normalized spacial score (nSPS) is 15.9. The van der Waals surface area contributed by atoms with E-state index in [2.05, 4.69) is 35.6 Å². The number of aliphatic hydroxyl groups is 1. The lowest BCUT2D eigenvalue weighted by Crippen LogP contribution is -2.27. The molecule has 0 bridgehead atoms. The number of imidazole rings is 1. The molecule has 0 unspecified atom stereocenters. The summed E-state index contributed by atoms with van der Waals surface area (Å²) >= 11 is 0. The van der Waals surface area contributed by atoms with Gasteiger partial charge in [-0.25, -0.2) is 9.78 Å². The van der Waals surface area contributed by atoms with Crippen LogP contribution in [0.4, 0.5) is 19.1 Å². The SMILES string of the molecule is O=C(NCCO)c1ccc(OC(F)(F)F)c(Cn2c(=O)[nH]c3cnc(NC[C@@H]4CCNC4)nc32)c1. The lowest BCUT2D eigenvalue weighted by atomic mass is 10.1. The molecule has 35 heavy (non-hydrogen) atoms. The molecular weight excluding hydrogens is 471 g/mol. The molecule has 1 saturated heterocycles. The molecule has 0 saturated carbocycles. The van der Waals surface area contributed by atoms with Gasteiger partial charge in [-0.1, -0.05) is 0 Å². The van der Waals surface area contributed by atoms with Gasteiger partial charge in [0.05, 0.1) is 19.3 Å². The number of fused-ring (bicyclic) bond motifs is 1. The maximum absolute atomic E-state index is 13.0. The molecule has 2 aromatic heterocycles. The molecule has 1 atom stereocenters. The number of nitrogens with one attached hydrogen (secondary N) is 4. The van der Waals surface area contributed by atoms with E-state index in [1.165, 1.54) is 12.3 Å². The summed E-state index contributed by atoms with van der Waals surface area (Å²) in [5.74, 6) is -0.468. The number of rotatable bonds is 9. The van der Waals surface area contributed by atoms with Crippen LogP contribution < -0.4 is 26.4 Å². The Balaban J connectivity index is 1.66. The summed E-state index contributed by atoms with van der Waals surface area (Å²) in [6.07, 6.45) is -2.55. The van der Waals surface area contributed by atoms with Crippen LogP contribution in [0.15, 0.2) is 29.2 Å². The Morgan fingerprint density at radius 2 is 2.17 bits per heavy atom. The van der Waals surface area contributed by atoms with Gasteiger partial charge in [-0.15, -0.1) is 13.2 Å². The van der Waals surface area contributed by atoms with E-state index >= 15 is 0 Å². The molecule has 3 heterocycles. The number of nitrogens with zero attached hydrogens (tertiary/aromatic N) is 3. The van der Waals surface area contributed by atoms with E-state index in [-0.39, 0.29) is 42.4 Å². The fourth-order valence-electron chi connectivity index (χ4n) is 3.81. The number of carbonyl (C=O) groups excluding carboxylic acids is 1. The summed E-state index contributed by atoms with van der Waals surface area (Å²) in [6, 6.07) is 3.37. The van der Waals surface area contributed by atoms with Crippen molar-refractivity contribution in [2.45, 2.75) is 19.3 Å². The Labute approximate surface area is 196 Å². The van der Waals surface area contributed by atoms with Gasteiger partial charge in [-0.3, -0.25) is 9.36 Å². The topological polar surface area (TPSA) is 146 Å². The Bertz CT molecular complexity index is 1250. The van der Waals surface area contributed by atoms with Gasteiger partial charge in [0, 0.05) is 24.2 Å². The van der Waals surface area contributed by atoms with Crippen LogP contribution in [0.5, 0.6) is 5.75 Å². The standard InChI is InChI=1S/C21H24F3N7O4/c22-21(23,24)35-16-2-1-13(18(33)26-5-6-32)7-14(16)11-31-17-15(29-20(31)34)10-28-19(30-17)27-9-12-3-4-25-8-12/h1-2,7,10,12,25,32H,3-6,8-9,11H2,(H,26,33)(H,29,34)(H,27,28,30)/t12-/m1/s1. The lowest BCUT2D eigenvalue weighted by Gasteiger charge is -2.15. The molecule has 1 fully saturated rings. The van der Waals surface area contributed by atoms with Crippen LogP contribution in [0.2, 0.25) is 0 Å². The van der Waals surface area contributed by atoms with Crippen molar-refractivity contribution in [2.24, 2.45) is 5.92 Å². The number of halogens is 3. The number of benzene rings is 1. The molecule has 1 aromatic carbocycles. The molecule has 11 nitrogen and oxygen atoms in total. The number of hydrogen-bond acceptors (Lipinski definition) is 8. The number of hydrogen-bond donors (Lipinski definition) is 5. The molecule has 5 N–H and O–H groups in total. The van der Waals surface area contributed by atoms with Crippen molar-refractivity contribution >= 4 is 23.0 Å². The molecule has 1 amide bonds. The molecule has 4 rings (SSSR count). The second kappa shape index (κ2) is 10.3. The number of carbonyl (C=O) groups is 1. The average Bonchev–Trinajstić information content (AvgIpc) is 3.44. The predicted octanol–water partition coefficient (Wildman–Crippen LogP) is 0.810. The Kier molecular flexibility index (Phi) is 7.21. The number of anilines is 1. The van der Waals surface area contributed by atoms with Gasteiger partial charge in [-0.2, -0.15) is 4.98 Å². The van der Waals surface area contributed by atoms with E-state index < -0.39 is 23.7 Å². The molecule has 1 aliphatic heterocycles. The summed E-state index contributed by atoms with van der Waals surface area (Å²) in [7, 11) is 0. The highest BCUT2D eigenvalue weighted by molar-refractivity contribution is 5.94. The van der Waals surface area contributed by atoms with Gasteiger partial charge >= 0.3 is 12.1 Å². The largest absolute Gasteiger partial charge is 0.573 e. The zero-order valence-corrected chi connectivity index (χ0v) is 18.5. The van der Waals surface area contributed by atoms with Crippen LogP contribution >= 0.6 is 0 Å². The zero-order valence-electron chi connectivity index (χ0n) is 18.5. The highest BCUT2D eigenvalue weighted by Crippen LogP contribution is 2.28. The Morgan fingerprint density at radius 1 is 1.34 bits per heavy atom. The quantitative estimate of drug-likeness (QED) is 0.293. The molecular formula is C21H24F3N7O4. The molecule has 1 aliphatic rings. The Hall–Kier alpha value is -3.65. The second-order valence-corrected chi connectivity index (χ2v) is 8.04. The average molecular weight is 495 g/mol. The number of H-pyrrole nitrogens is 1. The van der Waals surface area contributed by atoms with Gasteiger partial charge < -0.3 is 30.8 Å². The van der Waals surface area contributed by atoms with Crippen molar-refractivity contribution in [3.63, 3.8) is 0 Å². The van der Waals surface area contributed by atoms with E-state index in [0.29, 0.717) is 18.0 Å². The summed E-state index contributed by atoms with van der Waals surface area (Å²) in [4.78, 5) is 36.0. The number of alkyl halides is 3. The van der Waals surface area contributed by atoms with Crippen LogP contribution in [0.3, 0.4) is 0 Å². The first-order valence-electron chi connectivity index (χ1n) is 10.9. The minimum Gasteiger partial charge on any atom is -0.405 e. The van der Waals surface area contributed by atoms with E-state index in [1.54, 1.807) is 0 Å². The van der Waals surface area contributed by atoms with Crippen molar-refractivity contribution < 1.29 is 27.8 Å². The molecule has 0 spiro atoms. The van der Waals surface area contributed by atoms with Gasteiger partial charge in [0.25, 0.3) is 5.91 Å². The van der Waals surface area contributed by atoms with Gasteiger partial charge in [0.2, 0.25) is 5.95 Å².